The minimum absolute atomic E-state index is 0.115. The van der Waals surface area contributed by atoms with Crippen molar-refractivity contribution in [2.24, 2.45) is 5.73 Å². The Morgan fingerprint density at radius 3 is 2.45 bits per heavy atom. The van der Waals surface area contributed by atoms with E-state index in [-0.39, 0.29) is 5.75 Å². The number of nitrogens with zero attached hydrogens (tertiary/aromatic N) is 1. The molecular weight excluding hydrogens is 274 g/mol. The van der Waals surface area contributed by atoms with Crippen LogP contribution in [0.5, 0.6) is 0 Å². The molecular formula is C14H17N3O2S. The van der Waals surface area contributed by atoms with Crippen molar-refractivity contribution in [3.63, 3.8) is 0 Å². The van der Waals surface area contributed by atoms with Crippen molar-refractivity contribution in [3.05, 3.63) is 59.3 Å². The lowest BCUT2D eigenvalue weighted by Crippen LogP contribution is -2.17. The van der Waals surface area contributed by atoms with Crippen molar-refractivity contribution in [3.8, 4) is 0 Å². The van der Waals surface area contributed by atoms with E-state index in [2.05, 4.69) is 9.71 Å². The molecule has 0 spiro atoms. The molecule has 0 amide bonds. The second kappa shape index (κ2) is 6.02. The molecule has 2 rings (SSSR count). The molecule has 0 aliphatic carbocycles. The Kier molecular flexibility index (Phi) is 4.36. The molecule has 0 unspecified atom stereocenters. The van der Waals surface area contributed by atoms with E-state index in [1.807, 2.05) is 19.1 Å². The number of hydrogen-bond acceptors (Lipinski definition) is 4. The highest BCUT2D eigenvalue weighted by atomic mass is 32.2. The highest BCUT2D eigenvalue weighted by Crippen LogP contribution is 2.14. The molecule has 5 nitrogen and oxygen atoms in total. The number of nitrogens with two attached hydrogens (primary N) is 1. The fourth-order valence-corrected chi connectivity index (χ4v) is 3.03. The fraction of sp³-hybridized carbons (Fsp3) is 0.214. The maximum absolute atomic E-state index is 12.1. The van der Waals surface area contributed by atoms with E-state index in [9.17, 15) is 8.42 Å². The highest BCUT2D eigenvalue weighted by Gasteiger charge is 2.14. The topological polar surface area (TPSA) is 85.1 Å². The Balaban J connectivity index is 2.17. The Morgan fingerprint density at radius 1 is 1.15 bits per heavy atom. The van der Waals surface area contributed by atoms with E-state index in [0.717, 1.165) is 11.1 Å². The van der Waals surface area contributed by atoms with Crippen LogP contribution in [0.4, 0.5) is 5.82 Å². The number of sulfonamides is 1. The van der Waals surface area contributed by atoms with Gasteiger partial charge in [-0.3, -0.25) is 4.72 Å². The van der Waals surface area contributed by atoms with Gasteiger partial charge in [0, 0.05) is 12.7 Å². The highest BCUT2D eigenvalue weighted by molar-refractivity contribution is 7.91. The van der Waals surface area contributed by atoms with Crippen LogP contribution in [0.1, 0.15) is 16.7 Å². The van der Waals surface area contributed by atoms with Crippen molar-refractivity contribution in [2.45, 2.75) is 19.2 Å². The van der Waals surface area contributed by atoms with Gasteiger partial charge in [-0.05, 0) is 29.7 Å². The molecule has 0 radical (unpaired) electrons. The van der Waals surface area contributed by atoms with Gasteiger partial charge in [-0.2, -0.15) is 0 Å². The molecule has 0 atom stereocenters. The van der Waals surface area contributed by atoms with Gasteiger partial charge in [0.15, 0.2) is 0 Å². The molecule has 1 heterocycles. The first-order chi connectivity index (χ1) is 9.50. The minimum atomic E-state index is -3.50. The standard InChI is InChI=1S/C14H17N3O2S/c1-11-6-7-14(16-9-11)17-20(18,19)10-13-5-3-2-4-12(13)8-15/h2-7,9H,8,10,15H2,1H3,(H,16,17). The summed E-state index contributed by atoms with van der Waals surface area (Å²) >= 11 is 0. The molecule has 20 heavy (non-hydrogen) atoms. The zero-order chi connectivity index (χ0) is 14.6. The molecule has 6 heteroatoms. The van der Waals surface area contributed by atoms with Crippen LogP contribution in [0, 0.1) is 6.92 Å². The van der Waals surface area contributed by atoms with Crippen molar-refractivity contribution in [1.29, 1.82) is 0 Å². The predicted molar refractivity (Wildman–Crippen MR) is 79.6 cm³/mol. The maximum Gasteiger partial charge on any atom is 0.238 e. The van der Waals surface area contributed by atoms with Gasteiger partial charge in [-0.15, -0.1) is 0 Å². The number of nitrogens with one attached hydrogen (secondary N) is 1. The van der Waals surface area contributed by atoms with Crippen LogP contribution < -0.4 is 10.5 Å². The second-order valence-electron chi connectivity index (χ2n) is 4.55. The van der Waals surface area contributed by atoms with E-state index in [1.165, 1.54) is 0 Å². The van der Waals surface area contributed by atoms with Crippen LogP contribution >= 0.6 is 0 Å². The summed E-state index contributed by atoms with van der Waals surface area (Å²) in [4.78, 5) is 4.03. The summed E-state index contributed by atoms with van der Waals surface area (Å²) in [5.41, 5.74) is 8.12. The molecule has 0 fully saturated rings. The van der Waals surface area contributed by atoms with E-state index in [4.69, 9.17) is 5.73 Å². The number of benzene rings is 1. The molecule has 0 aliphatic heterocycles. The number of aromatic nitrogens is 1. The van der Waals surface area contributed by atoms with Gasteiger partial charge < -0.3 is 5.73 Å². The summed E-state index contributed by atoms with van der Waals surface area (Å²) in [5.74, 6) is 0.205. The third kappa shape index (κ3) is 3.79. The van der Waals surface area contributed by atoms with Crippen molar-refractivity contribution in [2.75, 3.05) is 4.72 Å². The largest absolute Gasteiger partial charge is 0.326 e. The molecule has 3 N–H and O–H groups in total. The second-order valence-corrected chi connectivity index (χ2v) is 6.28. The van der Waals surface area contributed by atoms with E-state index in [1.54, 1.807) is 30.5 Å². The summed E-state index contributed by atoms with van der Waals surface area (Å²) in [5, 5.41) is 0. The van der Waals surface area contributed by atoms with Crippen LogP contribution in [0.15, 0.2) is 42.6 Å². The summed E-state index contributed by atoms with van der Waals surface area (Å²) in [6.07, 6.45) is 1.62. The number of aryl methyl sites for hydroxylation is 1. The summed E-state index contributed by atoms with van der Waals surface area (Å²) in [6, 6.07) is 10.7. The average Bonchev–Trinajstić information content (AvgIpc) is 2.41. The fourth-order valence-electron chi connectivity index (χ4n) is 1.83. The molecule has 1 aromatic heterocycles. The molecule has 106 valence electrons. The summed E-state index contributed by atoms with van der Waals surface area (Å²) in [6.45, 7) is 2.21. The number of anilines is 1. The normalized spacial score (nSPS) is 11.3. The van der Waals surface area contributed by atoms with E-state index < -0.39 is 10.0 Å². The average molecular weight is 291 g/mol. The van der Waals surface area contributed by atoms with Gasteiger partial charge in [-0.25, -0.2) is 13.4 Å². The smallest absolute Gasteiger partial charge is 0.238 e. The van der Waals surface area contributed by atoms with Gasteiger partial charge in [0.25, 0.3) is 0 Å². The first-order valence-corrected chi connectivity index (χ1v) is 7.85. The van der Waals surface area contributed by atoms with Gasteiger partial charge in [0.2, 0.25) is 10.0 Å². The first kappa shape index (κ1) is 14.5. The first-order valence-electron chi connectivity index (χ1n) is 6.20. The Hall–Kier alpha value is -1.92. The molecule has 0 saturated carbocycles. The monoisotopic (exact) mass is 291 g/mol. The predicted octanol–water partition coefficient (Wildman–Crippen LogP) is 1.79. The third-order valence-corrected chi connectivity index (χ3v) is 4.07. The Morgan fingerprint density at radius 2 is 1.85 bits per heavy atom. The quantitative estimate of drug-likeness (QED) is 0.879. The van der Waals surface area contributed by atoms with Crippen LogP contribution in [0.25, 0.3) is 0 Å². The molecule has 1 aromatic carbocycles. The van der Waals surface area contributed by atoms with Crippen LogP contribution in [0.3, 0.4) is 0 Å². The summed E-state index contributed by atoms with van der Waals surface area (Å²) < 4.78 is 26.7. The van der Waals surface area contributed by atoms with Crippen molar-refractivity contribution >= 4 is 15.8 Å². The lowest BCUT2D eigenvalue weighted by atomic mass is 10.1. The third-order valence-electron chi connectivity index (χ3n) is 2.86. The van der Waals surface area contributed by atoms with Crippen molar-refractivity contribution in [1.82, 2.24) is 4.98 Å². The SMILES string of the molecule is Cc1ccc(NS(=O)(=O)Cc2ccccc2CN)nc1. The van der Waals surface area contributed by atoms with Gasteiger partial charge in [0.1, 0.15) is 5.82 Å². The zero-order valence-electron chi connectivity index (χ0n) is 11.2. The lowest BCUT2D eigenvalue weighted by Gasteiger charge is -2.10. The van der Waals surface area contributed by atoms with Crippen molar-refractivity contribution < 1.29 is 8.42 Å². The van der Waals surface area contributed by atoms with Crippen LogP contribution in [0.2, 0.25) is 0 Å². The molecule has 0 bridgehead atoms. The number of pyridine rings is 1. The lowest BCUT2D eigenvalue weighted by molar-refractivity contribution is 0.600. The zero-order valence-corrected chi connectivity index (χ0v) is 12.0. The van der Waals surface area contributed by atoms with Gasteiger partial charge >= 0.3 is 0 Å². The molecule has 0 aliphatic rings. The maximum atomic E-state index is 12.1. The molecule has 2 aromatic rings. The minimum Gasteiger partial charge on any atom is -0.326 e. The summed E-state index contributed by atoms with van der Waals surface area (Å²) in [7, 11) is -3.50. The Bertz CT molecular complexity index is 682. The van der Waals surface area contributed by atoms with Gasteiger partial charge in [-0.1, -0.05) is 30.3 Å². The van der Waals surface area contributed by atoms with E-state index >= 15 is 0 Å². The van der Waals surface area contributed by atoms with Crippen LogP contribution in [-0.4, -0.2) is 13.4 Å². The Labute approximate surface area is 118 Å². The molecule has 0 saturated heterocycles. The van der Waals surface area contributed by atoms with Gasteiger partial charge in [0.05, 0.1) is 5.75 Å². The van der Waals surface area contributed by atoms with E-state index in [0.29, 0.717) is 17.9 Å². The number of rotatable bonds is 5. The van der Waals surface area contributed by atoms with Crippen LogP contribution in [-0.2, 0) is 22.3 Å². The number of hydrogen-bond donors (Lipinski definition) is 2.